The molecule has 1 aliphatic heterocycles. The molecule has 0 radical (unpaired) electrons. The molecular formula is C20H33Cl2N5O2. The van der Waals surface area contributed by atoms with Crippen molar-refractivity contribution in [2.75, 3.05) is 19.6 Å². The molecule has 0 spiro atoms. The Kier molecular flexibility index (Phi) is 9.65. The Labute approximate surface area is 184 Å². The third-order valence-electron chi connectivity index (χ3n) is 5.70. The molecule has 164 valence electrons. The van der Waals surface area contributed by atoms with Gasteiger partial charge < -0.3 is 10.2 Å². The molecule has 0 bridgehead atoms. The highest BCUT2D eigenvalue weighted by Crippen LogP contribution is 2.22. The number of aromatic nitrogens is 3. The second kappa shape index (κ2) is 11.0. The maximum atomic E-state index is 13.0. The van der Waals surface area contributed by atoms with Gasteiger partial charge in [0.25, 0.3) is 5.56 Å². The molecule has 1 aliphatic rings. The van der Waals surface area contributed by atoms with Gasteiger partial charge in [-0.15, -0.1) is 24.8 Å². The number of halogens is 2. The summed E-state index contributed by atoms with van der Waals surface area (Å²) in [6.45, 7) is 8.82. The standard InChI is InChI=1S/C20H31N5O2.2ClH/c1-5-12-25(15-8-10-21-11-9-15)17(26)7-6-16-13(2)18-19(22-14(16)3)24(4)23-20(18)27;;/h15,21H,5-12H2,1-4H3,(H,23,27);2*1H. The zero-order chi connectivity index (χ0) is 19.6. The second-order valence-corrected chi connectivity index (χ2v) is 7.57. The van der Waals surface area contributed by atoms with Crippen LogP contribution in [0.4, 0.5) is 0 Å². The summed E-state index contributed by atoms with van der Waals surface area (Å²) >= 11 is 0. The van der Waals surface area contributed by atoms with Gasteiger partial charge in [-0.1, -0.05) is 6.92 Å². The first-order chi connectivity index (χ1) is 12.9. The molecule has 1 saturated heterocycles. The van der Waals surface area contributed by atoms with Crippen molar-refractivity contribution < 1.29 is 4.79 Å². The second-order valence-electron chi connectivity index (χ2n) is 7.57. The van der Waals surface area contributed by atoms with Gasteiger partial charge in [0.1, 0.15) is 0 Å². The Morgan fingerprint density at radius 2 is 1.90 bits per heavy atom. The average Bonchev–Trinajstić information content (AvgIpc) is 2.93. The number of nitrogens with one attached hydrogen (secondary N) is 2. The van der Waals surface area contributed by atoms with Gasteiger partial charge >= 0.3 is 0 Å². The normalized spacial score (nSPS) is 14.3. The molecule has 2 N–H and O–H groups in total. The smallest absolute Gasteiger partial charge is 0.273 e. The minimum atomic E-state index is -0.118. The van der Waals surface area contributed by atoms with Crippen LogP contribution in [0.15, 0.2) is 4.79 Å². The number of fused-ring (bicyclic) bond motifs is 1. The van der Waals surface area contributed by atoms with E-state index in [2.05, 4.69) is 27.2 Å². The van der Waals surface area contributed by atoms with Gasteiger partial charge in [0.15, 0.2) is 5.65 Å². The largest absolute Gasteiger partial charge is 0.340 e. The van der Waals surface area contributed by atoms with Crippen LogP contribution in [0.1, 0.15) is 49.4 Å². The first kappa shape index (κ1) is 25.5. The highest BCUT2D eigenvalue weighted by molar-refractivity contribution is 5.85. The Bertz CT molecular complexity index is 887. The van der Waals surface area contributed by atoms with Crippen molar-refractivity contribution in [2.24, 2.45) is 7.05 Å². The molecule has 0 atom stereocenters. The predicted octanol–water partition coefficient (Wildman–Crippen LogP) is 2.65. The zero-order valence-corrected chi connectivity index (χ0v) is 19.3. The molecule has 7 nitrogen and oxygen atoms in total. The van der Waals surface area contributed by atoms with E-state index in [-0.39, 0.29) is 36.3 Å². The number of carbonyl (C=O) groups excluding carboxylic acids is 1. The summed E-state index contributed by atoms with van der Waals surface area (Å²) in [5.41, 5.74) is 3.41. The van der Waals surface area contributed by atoms with Crippen LogP contribution in [-0.4, -0.2) is 51.2 Å². The van der Waals surface area contributed by atoms with E-state index in [0.717, 1.165) is 55.7 Å². The number of aryl methyl sites for hydroxylation is 3. The molecule has 0 unspecified atom stereocenters. The summed E-state index contributed by atoms with van der Waals surface area (Å²) in [6, 6.07) is 0.346. The molecule has 2 aromatic rings. The van der Waals surface area contributed by atoms with Crippen molar-refractivity contribution in [1.29, 1.82) is 0 Å². The molecule has 3 rings (SSSR count). The lowest BCUT2D eigenvalue weighted by Gasteiger charge is -2.34. The van der Waals surface area contributed by atoms with Crippen molar-refractivity contribution >= 4 is 41.8 Å². The van der Waals surface area contributed by atoms with E-state index in [1.807, 2.05) is 13.8 Å². The quantitative estimate of drug-likeness (QED) is 0.715. The summed E-state index contributed by atoms with van der Waals surface area (Å²) in [7, 11) is 1.79. The lowest BCUT2D eigenvalue weighted by Crippen LogP contribution is -2.46. The van der Waals surface area contributed by atoms with E-state index in [1.54, 1.807) is 11.7 Å². The number of aromatic amines is 1. The van der Waals surface area contributed by atoms with E-state index < -0.39 is 0 Å². The van der Waals surface area contributed by atoms with E-state index in [4.69, 9.17) is 0 Å². The van der Waals surface area contributed by atoms with Gasteiger partial charge in [-0.3, -0.25) is 19.4 Å². The maximum absolute atomic E-state index is 13.0. The molecule has 1 amide bonds. The van der Waals surface area contributed by atoms with Crippen LogP contribution in [-0.2, 0) is 18.3 Å². The molecule has 0 aromatic carbocycles. The van der Waals surface area contributed by atoms with Crippen LogP contribution in [0, 0.1) is 13.8 Å². The number of H-pyrrole nitrogens is 1. The summed E-state index contributed by atoms with van der Waals surface area (Å²) in [5, 5.41) is 6.77. The lowest BCUT2D eigenvalue weighted by molar-refractivity contribution is -0.134. The number of amides is 1. The van der Waals surface area contributed by atoms with Crippen molar-refractivity contribution in [3.8, 4) is 0 Å². The summed E-state index contributed by atoms with van der Waals surface area (Å²) in [5.74, 6) is 0.213. The fourth-order valence-corrected chi connectivity index (χ4v) is 4.26. The van der Waals surface area contributed by atoms with Gasteiger partial charge in [0.2, 0.25) is 5.91 Å². The van der Waals surface area contributed by atoms with Gasteiger partial charge in [-0.05, 0) is 63.7 Å². The Hall–Kier alpha value is -1.57. The summed E-state index contributed by atoms with van der Waals surface area (Å²) in [6.07, 6.45) is 4.11. The molecule has 9 heteroatoms. The third-order valence-corrected chi connectivity index (χ3v) is 5.70. The fraction of sp³-hybridized carbons (Fsp3) is 0.650. The number of rotatable bonds is 6. The maximum Gasteiger partial charge on any atom is 0.273 e. The van der Waals surface area contributed by atoms with Crippen LogP contribution in [0.3, 0.4) is 0 Å². The number of nitrogens with zero attached hydrogens (tertiary/aromatic N) is 3. The van der Waals surface area contributed by atoms with E-state index in [9.17, 15) is 9.59 Å². The third kappa shape index (κ3) is 5.32. The molecule has 0 aliphatic carbocycles. The number of hydrogen-bond acceptors (Lipinski definition) is 4. The minimum Gasteiger partial charge on any atom is -0.340 e. The molecule has 0 saturated carbocycles. The van der Waals surface area contributed by atoms with Crippen LogP contribution >= 0.6 is 24.8 Å². The summed E-state index contributed by atoms with van der Waals surface area (Å²) < 4.78 is 1.66. The van der Waals surface area contributed by atoms with Crippen LogP contribution in [0.5, 0.6) is 0 Å². The number of hydrogen-bond donors (Lipinski definition) is 2. The van der Waals surface area contributed by atoms with Crippen molar-refractivity contribution in [1.82, 2.24) is 25.0 Å². The van der Waals surface area contributed by atoms with E-state index in [0.29, 0.717) is 29.9 Å². The average molecular weight is 446 g/mol. The summed E-state index contributed by atoms with van der Waals surface area (Å²) in [4.78, 5) is 31.9. The number of piperidine rings is 1. The molecule has 29 heavy (non-hydrogen) atoms. The zero-order valence-electron chi connectivity index (χ0n) is 17.7. The number of carbonyl (C=O) groups is 1. The van der Waals surface area contributed by atoms with Crippen molar-refractivity contribution in [3.05, 3.63) is 27.2 Å². The van der Waals surface area contributed by atoms with Gasteiger partial charge in [-0.2, -0.15) is 0 Å². The fourth-order valence-electron chi connectivity index (χ4n) is 4.26. The topological polar surface area (TPSA) is 83.0 Å². The number of pyridine rings is 1. The first-order valence-corrected chi connectivity index (χ1v) is 9.99. The molecule has 2 aromatic heterocycles. The van der Waals surface area contributed by atoms with Crippen molar-refractivity contribution in [2.45, 2.75) is 58.9 Å². The highest BCUT2D eigenvalue weighted by Gasteiger charge is 2.25. The van der Waals surface area contributed by atoms with Gasteiger partial charge in [0.05, 0.1) is 5.39 Å². The Morgan fingerprint density at radius 3 is 2.52 bits per heavy atom. The lowest BCUT2D eigenvalue weighted by atomic mass is 9.99. The SMILES string of the molecule is CCCN(C(=O)CCc1c(C)nc2c(c1C)c(=O)[nH]n2C)C1CCNCC1.Cl.Cl. The molecule has 3 heterocycles. The van der Waals surface area contributed by atoms with Gasteiger partial charge in [0, 0.05) is 31.7 Å². The Morgan fingerprint density at radius 1 is 1.24 bits per heavy atom. The highest BCUT2D eigenvalue weighted by atomic mass is 35.5. The van der Waals surface area contributed by atoms with Crippen LogP contribution < -0.4 is 10.9 Å². The van der Waals surface area contributed by atoms with Crippen LogP contribution in [0.25, 0.3) is 11.0 Å². The first-order valence-electron chi connectivity index (χ1n) is 9.99. The van der Waals surface area contributed by atoms with Crippen LogP contribution in [0.2, 0.25) is 0 Å². The van der Waals surface area contributed by atoms with E-state index in [1.165, 1.54) is 0 Å². The van der Waals surface area contributed by atoms with E-state index >= 15 is 0 Å². The molecule has 1 fully saturated rings. The van der Waals surface area contributed by atoms with Gasteiger partial charge in [-0.25, -0.2) is 4.98 Å². The minimum absolute atomic E-state index is 0. The Balaban J connectivity index is 0.00000210. The molecular weight excluding hydrogens is 413 g/mol. The van der Waals surface area contributed by atoms with Crippen molar-refractivity contribution in [3.63, 3.8) is 0 Å². The predicted molar refractivity (Wildman–Crippen MR) is 122 cm³/mol. The monoisotopic (exact) mass is 445 g/mol.